The van der Waals surface area contributed by atoms with Crippen molar-refractivity contribution >= 4 is 23.2 Å². The highest BCUT2D eigenvalue weighted by molar-refractivity contribution is 6.37. The Bertz CT molecular complexity index is 410. The van der Waals surface area contributed by atoms with Gasteiger partial charge in [-0.05, 0) is 39.8 Å². The Labute approximate surface area is 124 Å². The molecule has 0 radical (unpaired) electrons. The Balaban J connectivity index is 2.83. The molecule has 1 aromatic rings. The Morgan fingerprint density at radius 1 is 1.26 bits per heavy atom. The molecule has 0 saturated heterocycles. The standard InChI is InChI=1S/C14H21Cl2NO2/c1-9(2)19-13-11(15)5-10(6-12(13)16)7-17-14(3,4)8-18/h5-6,9,17-18H,7-8H2,1-4H3/p+1. The van der Waals surface area contributed by atoms with E-state index < -0.39 is 0 Å². The molecule has 0 aliphatic heterocycles. The van der Waals surface area contributed by atoms with Gasteiger partial charge in [0.2, 0.25) is 0 Å². The maximum atomic E-state index is 9.22. The minimum atomic E-state index is -0.216. The van der Waals surface area contributed by atoms with E-state index in [9.17, 15) is 5.11 Å². The van der Waals surface area contributed by atoms with Crippen molar-refractivity contribution in [3.8, 4) is 5.75 Å². The average molecular weight is 307 g/mol. The number of nitrogens with two attached hydrogens (primary N) is 1. The molecule has 0 amide bonds. The first kappa shape index (κ1) is 16.6. The van der Waals surface area contributed by atoms with Crippen molar-refractivity contribution < 1.29 is 15.2 Å². The van der Waals surface area contributed by atoms with Crippen LogP contribution in [0.25, 0.3) is 0 Å². The van der Waals surface area contributed by atoms with Gasteiger partial charge in [-0.15, -0.1) is 0 Å². The quantitative estimate of drug-likeness (QED) is 0.848. The normalized spacial score (nSPS) is 12.0. The van der Waals surface area contributed by atoms with Crippen LogP contribution >= 0.6 is 23.2 Å². The maximum absolute atomic E-state index is 9.22. The summed E-state index contributed by atoms with van der Waals surface area (Å²) in [5, 5.41) is 12.3. The van der Waals surface area contributed by atoms with E-state index in [1.54, 1.807) is 0 Å². The second-order valence-corrected chi connectivity index (χ2v) is 6.42. The number of ether oxygens (including phenoxy) is 1. The fourth-order valence-electron chi connectivity index (χ4n) is 1.54. The number of quaternary nitrogens is 1. The highest BCUT2D eigenvalue weighted by Crippen LogP contribution is 2.34. The molecule has 0 aliphatic carbocycles. The molecule has 3 N–H and O–H groups in total. The fraction of sp³-hybridized carbons (Fsp3) is 0.571. The minimum Gasteiger partial charge on any atom is -0.488 e. The molecule has 0 heterocycles. The van der Waals surface area contributed by atoms with Crippen LogP contribution in [0.1, 0.15) is 33.3 Å². The lowest BCUT2D eigenvalue weighted by molar-refractivity contribution is -0.736. The third kappa shape index (κ3) is 5.19. The second-order valence-electron chi connectivity index (χ2n) is 5.61. The van der Waals surface area contributed by atoms with Crippen molar-refractivity contribution in [1.82, 2.24) is 0 Å². The molecule has 0 unspecified atom stereocenters. The predicted molar refractivity (Wildman–Crippen MR) is 79.0 cm³/mol. The van der Waals surface area contributed by atoms with Crippen molar-refractivity contribution in [2.45, 2.75) is 45.9 Å². The number of hydrogen-bond donors (Lipinski definition) is 2. The van der Waals surface area contributed by atoms with Crippen molar-refractivity contribution in [2.75, 3.05) is 6.61 Å². The molecular formula is C14H22Cl2NO2+. The van der Waals surface area contributed by atoms with Crippen LogP contribution < -0.4 is 10.1 Å². The monoisotopic (exact) mass is 306 g/mol. The summed E-state index contributed by atoms with van der Waals surface area (Å²) in [7, 11) is 0. The van der Waals surface area contributed by atoms with E-state index in [2.05, 4.69) is 5.32 Å². The summed E-state index contributed by atoms with van der Waals surface area (Å²) in [6.07, 6.45) is 0.0285. The lowest BCUT2D eigenvalue weighted by atomic mass is 10.1. The van der Waals surface area contributed by atoms with Gasteiger partial charge in [-0.1, -0.05) is 23.2 Å². The molecule has 0 aliphatic rings. The number of halogens is 2. The Morgan fingerprint density at radius 3 is 2.21 bits per heavy atom. The Hall–Kier alpha value is -0.480. The first-order chi connectivity index (χ1) is 8.75. The lowest BCUT2D eigenvalue weighted by Crippen LogP contribution is -2.95. The van der Waals surface area contributed by atoms with Gasteiger partial charge in [0.1, 0.15) is 12.1 Å². The third-order valence-electron chi connectivity index (χ3n) is 2.71. The third-order valence-corrected chi connectivity index (χ3v) is 3.27. The number of hydrogen-bond acceptors (Lipinski definition) is 2. The van der Waals surface area contributed by atoms with Gasteiger partial charge in [-0.2, -0.15) is 0 Å². The van der Waals surface area contributed by atoms with Crippen LogP contribution in [0.2, 0.25) is 10.0 Å². The molecule has 0 atom stereocenters. The average Bonchev–Trinajstić information content (AvgIpc) is 2.31. The number of aliphatic hydroxyl groups is 1. The summed E-state index contributed by atoms with van der Waals surface area (Å²) in [5.41, 5.74) is 0.791. The van der Waals surface area contributed by atoms with E-state index in [1.807, 2.05) is 39.8 Å². The maximum Gasteiger partial charge on any atom is 0.156 e. The first-order valence-corrected chi connectivity index (χ1v) is 7.10. The highest BCUT2D eigenvalue weighted by Gasteiger charge is 2.20. The van der Waals surface area contributed by atoms with Gasteiger partial charge in [0.25, 0.3) is 0 Å². The van der Waals surface area contributed by atoms with Gasteiger partial charge >= 0.3 is 0 Å². The molecular weight excluding hydrogens is 285 g/mol. The summed E-state index contributed by atoms with van der Waals surface area (Å²) in [6, 6.07) is 3.71. The van der Waals surface area contributed by atoms with Gasteiger partial charge in [-0.3, -0.25) is 0 Å². The number of aliphatic hydroxyl groups excluding tert-OH is 1. The summed E-state index contributed by atoms with van der Waals surface area (Å²) in [5.74, 6) is 0.531. The van der Waals surface area contributed by atoms with Crippen LogP contribution in [0.5, 0.6) is 5.75 Å². The number of benzene rings is 1. The van der Waals surface area contributed by atoms with Crippen molar-refractivity contribution in [2.24, 2.45) is 0 Å². The van der Waals surface area contributed by atoms with Gasteiger partial charge < -0.3 is 15.2 Å². The van der Waals surface area contributed by atoms with Gasteiger partial charge in [0.15, 0.2) is 5.75 Å². The summed E-state index contributed by atoms with van der Waals surface area (Å²) in [6.45, 7) is 8.63. The summed E-state index contributed by atoms with van der Waals surface area (Å²) < 4.78 is 5.58. The molecule has 3 nitrogen and oxygen atoms in total. The van der Waals surface area contributed by atoms with Gasteiger partial charge in [-0.25, -0.2) is 0 Å². The van der Waals surface area contributed by atoms with Crippen LogP contribution in [0, 0.1) is 0 Å². The topological polar surface area (TPSA) is 46.1 Å². The van der Waals surface area contributed by atoms with Crippen LogP contribution in [0.3, 0.4) is 0 Å². The predicted octanol–water partition coefficient (Wildman–Crippen LogP) is 2.61. The second kappa shape index (κ2) is 6.80. The molecule has 0 bridgehead atoms. The smallest absolute Gasteiger partial charge is 0.156 e. The zero-order valence-corrected chi connectivity index (χ0v) is 13.3. The van der Waals surface area contributed by atoms with E-state index in [1.165, 1.54) is 0 Å². The van der Waals surface area contributed by atoms with E-state index in [-0.39, 0.29) is 18.2 Å². The van der Waals surface area contributed by atoms with Crippen LogP contribution in [0.15, 0.2) is 12.1 Å². The molecule has 5 heteroatoms. The molecule has 0 aromatic heterocycles. The molecule has 0 fully saturated rings. The highest BCUT2D eigenvalue weighted by atomic mass is 35.5. The zero-order valence-electron chi connectivity index (χ0n) is 11.8. The molecule has 19 heavy (non-hydrogen) atoms. The summed E-state index contributed by atoms with van der Waals surface area (Å²) in [4.78, 5) is 0. The van der Waals surface area contributed by atoms with Crippen molar-refractivity contribution in [3.63, 3.8) is 0 Å². The van der Waals surface area contributed by atoms with Crippen LogP contribution in [-0.4, -0.2) is 23.4 Å². The largest absolute Gasteiger partial charge is 0.488 e. The molecule has 1 aromatic carbocycles. The van der Waals surface area contributed by atoms with Crippen LogP contribution in [0.4, 0.5) is 0 Å². The SMILES string of the molecule is CC(C)Oc1c(Cl)cc(C[NH2+]C(C)(C)CO)cc1Cl. The molecule has 108 valence electrons. The van der Waals surface area contributed by atoms with Crippen molar-refractivity contribution in [3.05, 3.63) is 27.7 Å². The van der Waals surface area contributed by atoms with Crippen LogP contribution in [-0.2, 0) is 6.54 Å². The zero-order chi connectivity index (χ0) is 14.6. The summed E-state index contributed by atoms with van der Waals surface area (Å²) >= 11 is 12.4. The molecule has 1 rings (SSSR count). The Kier molecular flexibility index (Phi) is 5.93. The first-order valence-electron chi connectivity index (χ1n) is 6.35. The lowest BCUT2D eigenvalue weighted by Gasteiger charge is -2.20. The minimum absolute atomic E-state index is 0.0285. The fourth-order valence-corrected chi connectivity index (χ4v) is 2.16. The number of rotatable bonds is 6. The van der Waals surface area contributed by atoms with E-state index in [0.717, 1.165) is 5.56 Å². The van der Waals surface area contributed by atoms with Crippen molar-refractivity contribution in [1.29, 1.82) is 0 Å². The van der Waals surface area contributed by atoms with E-state index in [4.69, 9.17) is 27.9 Å². The van der Waals surface area contributed by atoms with E-state index in [0.29, 0.717) is 22.3 Å². The van der Waals surface area contributed by atoms with E-state index >= 15 is 0 Å². The molecule has 0 saturated carbocycles. The van der Waals surface area contributed by atoms with Gasteiger partial charge in [0, 0.05) is 5.56 Å². The Morgan fingerprint density at radius 2 is 1.79 bits per heavy atom. The molecule has 0 spiro atoms. The van der Waals surface area contributed by atoms with Gasteiger partial charge in [0.05, 0.1) is 22.8 Å².